The second-order valence-electron chi connectivity index (χ2n) is 4.63. The molecule has 0 unspecified atom stereocenters. The monoisotopic (exact) mass is 330 g/mol. The van der Waals surface area contributed by atoms with E-state index >= 15 is 0 Å². The second kappa shape index (κ2) is 8.00. The average Bonchev–Trinajstić information content (AvgIpc) is 2.51. The number of halogens is 1. The molecule has 0 spiro atoms. The Balaban J connectivity index is 1.84. The lowest BCUT2D eigenvalue weighted by Gasteiger charge is -2.06. The molecule has 0 aliphatic carbocycles. The topological polar surface area (TPSA) is 65.5 Å². The number of rotatable bonds is 4. The maximum atomic E-state index is 12.8. The van der Waals surface area contributed by atoms with E-state index in [1.165, 1.54) is 19.1 Å². The summed E-state index contributed by atoms with van der Waals surface area (Å²) in [6, 6.07) is 13.0. The van der Waals surface area contributed by atoms with Crippen molar-refractivity contribution < 1.29 is 9.18 Å². The number of benzene rings is 2. The molecule has 0 saturated heterocycles. The minimum Gasteiger partial charge on any atom is -0.331 e. The molecule has 2 rings (SSSR count). The maximum absolute atomic E-state index is 12.8. The molecular weight excluding hydrogens is 315 g/mol. The van der Waals surface area contributed by atoms with Crippen LogP contribution in [0.1, 0.15) is 12.5 Å². The van der Waals surface area contributed by atoms with E-state index in [4.69, 9.17) is 12.2 Å². The van der Waals surface area contributed by atoms with E-state index in [1.807, 2.05) is 12.1 Å². The van der Waals surface area contributed by atoms with E-state index in [0.29, 0.717) is 10.8 Å². The number of hydrogen-bond donors (Lipinski definition) is 3. The predicted molar refractivity (Wildman–Crippen MR) is 94.1 cm³/mol. The van der Waals surface area contributed by atoms with Gasteiger partial charge in [0.05, 0.1) is 6.21 Å². The van der Waals surface area contributed by atoms with Gasteiger partial charge in [0, 0.05) is 18.3 Å². The maximum Gasteiger partial charge on any atom is 0.221 e. The van der Waals surface area contributed by atoms with Crippen LogP contribution < -0.4 is 16.1 Å². The minimum absolute atomic E-state index is 0.120. The lowest BCUT2D eigenvalue weighted by Crippen LogP contribution is -2.23. The largest absolute Gasteiger partial charge is 0.331 e. The third kappa shape index (κ3) is 5.84. The van der Waals surface area contributed by atoms with Crippen molar-refractivity contribution in [2.75, 3.05) is 10.6 Å². The Morgan fingerprint density at radius 1 is 1.04 bits per heavy atom. The van der Waals surface area contributed by atoms with Crippen LogP contribution in [0.4, 0.5) is 15.8 Å². The molecule has 23 heavy (non-hydrogen) atoms. The molecule has 0 saturated carbocycles. The Labute approximate surface area is 138 Å². The SMILES string of the molecule is CC(=O)Nc1ccc(/C=N/NC(=S)Nc2ccc(F)cc2)cc1. The van der Waals surface area contributed by atoms with Gasteiger partial charge >= 0.3 is 0 Å². The standard InChI is InChI=1S/C16H15FN4OS/c1-11(22)19-14-6-2-12(3-7-14)10-18-21-16(23)20-15-8-4-13(17)5-9-15/h2-10H,1H3,(H,19,22)(H2,20,21,23)/b18-10+. The highest BCUT2D eigenvalue weighted by molar-refractivity contribution is 7.80. The van der Waals surface area contributed by atoms with Crippen molar-refractivity contribution in [3.63, 3.8) is 0 Å². The Kier molecular flexibility index (Phi) is 5.76. The van der Waals surface area contributed by atoms with Crippen molar-refractivity contribution in [3.05, 3.63) is 59.9 Å². The summed E-state index contributed by atoms with van der Waals surface area (Å²) in [4.78, 5) is 10.9. The summed E-state index contributed by atoms with van der Waals surface area (Å²) < 4.78 is 12.8. The summed E-state index contributed by atoms with van der Waals surface area (Å²) in [5.41, 5.74) is 4.90. The zero-order valence-corrected chi connectivity index (χ0v) is 13.2. The molecule has 2 aromatic rings. The zero-order valence-electron chi connectivity index (χ0n) is 12.3. The summed E-state index contributed by atoms with van der Waals surface area (Å²) in [6.45, 7) is 1.45. The molecule has 0 aliphatic rings. The van der Waals surface area contributed by atoms with Gasteiger partial charge in [-0.25, -0.2) is 4.39 Å². The molecule has 7 heteroatoms. The summed E-state index contributed by atoms with van der Waals surface area (Å²) in [6.07, 6.45) is 1.59. The third-order valence-electron chi connectivity index (χ3n) is 2.71. The Hall–Kier alpha value is -2.80. The fourth-order valence-corrected chi connectivity index (χ4v) is 1.88. The number of nitrogens with one attached hydrogen (secondary N) is 3. The average molecular weight is 330 g/mol. The number of carbonyl (C=O) groups is 1. The van der Waals surface area contributed by atoms with Crippen molar-refractivity contribution in [1.82, 2.24) is 5.43 Å². The molecule has 2 aromatic carbocycles. The number of hydrogen-bond acceptors (Lipinski definition) is 3. The van der Waals surface area contributed by atoms with Crippen LogP contribution in [0.15, 0.2) is 53.6 Å². The van der Waals surface area contributed by atoms with Crippen LogP contribution in [-0.2, 0) is 4.79 Å². The van der Waals surface area contributed by atoms with Crippen LogP contribution in [0, 0.1) is 5.82 Å². The first kappa shape index (κ1) is 16.6. The summed E-state index contributed by atoms with van der Waals surface area (Å²) in [5, 5.41) is 9.86. The van der Waals surface area contributed by atoms with Gasteiger partial charge in [0.25, 0.3) is 0 Å². The zero-order chi connectivity index (χ0) is 16.7. The third-order valence-corrected chi connectivity index (χ3v) is 2.91. The van der Waals surface area contributed by atoms with Gasteiger partial charge in [-0.1, -0.05) is 12.1 Å². The summed E-state index contributed by atoms with van der Waals surface area (Å²) in [7, 11) is 0. The fraction of sp³-hybridized carbons (Fsp3) is 0.0625. The predicted octanol–water partition coefficient (Wildman–Crippen LogP) is 3.10. The normalized spacial score (nSPS) is 10.3. The second-order valence-corrected chi connectivity index (χ2v) is 5.04. The van der Waals surface area contributed by atoms with Gasteiger partial charge in [-0.2, -0.15) is 5.10 Å². The minimum atomic E-state index is -0.310. The molecule has 0 aromatic heterocycles. The van der Waals surface area contributed by atoms with Gasteiger partial charge < -0.3 is 10.6 Å². The van der Waals surface area contributed by atoms with E-state index in [2.05, 4.69) is 21.2 Å². The quantitative estimate of drug-likeness (QED) is 0.458. The number of hydrazone groups is 1. The van der Waals surface area contributed by atoms with Gasteiger partial charge in [0.15, 0.2) is 5.11 Å². The molecule has 118 valence electrons. The van der Waals surface area contributed by atoms with Crippen LogP contribution in [0.3, 0.4) is 0 Å². The van der Waals surface area contributed by atoms with Crippen molar-refractivity contribution in [3.8, 4) is 0 Å². The van der Waals surface area contributed by atoms with Crippen LogP contribution in [0.2, 0.25) is 0 Å². The number of amides is 1. The Morgan fingerprint density at radius 3 is 2.22 bits per heavy atom. The van der Waals surface area contributed by atoms with Gasteiger partial charge in [-0.3, -0.25) is 10.2 Å². The molecular formula is C16H15FN4OS. The first-order valence-electron chi connectivity index (χ1n) is 6.76. The fourth-order valence-electron chi connectivity index (χ4n) is 1.71. The van der Waals surface area contributed by atoms with E-state index in [-0.39, 0.29) is 11.7 Å². The molecule has 3 N–H and O–H groups in total. The van der Waals surface area contributed by atoms with Gasteiger partial charge in [0.2, 0.25) is 5.91 Å². The first-order valence-corrected chi connectivity index (χ1v) is 7.17. The molecule has 0 fully saturated rings. The number of nitrogens with zero attached hydrogens (tertiary/aromatic N) is 1. The first-order chi connectivity index (χ1) is 11.0. The van der Waals surface area contributed by atoms with Crippen molar-refractivity contribution in [2.45, 2.75) is 6.92 Å². The van der Waals surface area contributed by atoms with Crippen molar-refractivity contribution in [1.29, 1.82) is 0 Å². The molecule has 1 amide bonds. The molecule has 0 radical (unpaired) electrons. The molecule has 5 nitrogen and oxygen atoms in total. The molecule has 0 heterocycles. The summed E-state index contributed by atoms with van der Waals surface area (Å²) in [5.74, 6) is -0.430. The number of thiocarbonyl (C=S) groups is 1. The molecule has 0 atom stereocenters. The number of carbonyl (C=O) groups excluding carboxylic acids is 1. The van der Waals surface area contributed by atoms with Gasteiger partial charge in [0.1, 0.15) is 5.82 Å². The van der Waals surface area contributed by atoms with Crippen molar-refractivity contribution >= 4 is 40.8 Å². The highest BCUT2D eigenvalue weighted by Crippen LogP contribution is 2.09. The van der Waals surface area contributed by atoms with Crippen LogP contribution >= 0.6 is 12.2 Å². The van der Waals surface area contributed by atoms with E-state index in [0.717, 1.165) is 11.3 Å². The summed E-state index contributed by atoms with van der Waals surface area (Å²) >= 11 is 5.08. The Bertz CT molecular complexity index is 714. The van der Waals surface area contributed by atoms with Gasteiger partial charge in [-0.05, 0) is 54.2 Å². The highest BCUT2D eigenvalue weighted by Gasteiger charge is 1.97. The lowest BCUT2D eigenvalue weighted by atomic mass is 10.2. The smallest absolute Gasteiger partial charge is 0.221 e. The lowest BCUT2D eigenvalue weighted by molar-refractivity contribution is -0.114. The number of anilines is 2. The molecule has 0 bridgehead atoms. The van der Waals surface area contributed by atoms with E-state index in [1.54, 1.807) is 30.5 Å². The molecule has 0 aliphatic heterocycles. The Morgan fingerprint density at radius 2 is 1.61 bits per heavy atom. The van der Waals surface area contributed by atoms with Crippen LogP contribution in [0.5, 0.6) is 0 Å². The van der Waals surface area contributed by atoms with Crippen LogP contribution in [0.25, 0.3) is 0 Å². The highest BCUT2D eigenvalue weighted by atomic mass is 32.1. The van der Waals surface area contributed by atoms with Gasteiger partial charge in [-0.15, -0.1) is 0 Å². The van der Waals surface area contributed by atoms with E-state index in [9.17, 15) is 9.18 Å². The van der Waals surface area contributed by atoms with Crippen molar-refractivity contribution in [2.24, 2.45) is 5.10 Å². The van der Waals surface area contributed by atoms with Crippen LogP contribution in [-0.4, -0.2) is 17.2 Å². The van der Waals surface area contributed by atoms with E-state index < -0.39 is 0 Å².